The van der Waals surface area contributed by atoms with Gasteiger partial charge in [-0.25, -0.2) is 4.98 Å². The van der Waals surface area contributed by atoms with Crippen molar-refractivity contribution in [3.8, 4) is 10.7 Å². The second kappa shape index (κ2) is 5.69. The standard InChI is InChI=1S/C16H17N3S/c1-11(2)18-9-13-10-20-16(19-13)15-14-6-4-3-5-12(14)7-8-17-15/h3-8,10-11,18H,9H2,1-2H3. The van der Waals surface area contributed by atoms with Crippen molar-refractivity contribution in [3.05, 3.63) is 47.6 Å². The number of fused-ring (bicyclic) bond motifs is 1. The molecule has 0 aliphatic heterocycles. The number of hydrogen-bond acceptors (Lipinski definition) is 4. The molecular formula is C16H17N3S. The first-order valence-corrected chi connectivity index (χ1v) is 7.64. The van der Waals surface area contributed by atoms with Crippen molar-refractivity contribution in [1.82, 2.24) is 15.3 Å². The zero-order chi connectivity index (χ0) is 13.9. The summed E-state index contributed by atoms with van der Waals surface area (Å²) >= 11 is 1.66. The first-order chi connectivity index (χ1) is 9.74. The summed E-state index contributed by atoms with van der Waals surface area (Å²) in [4.78, 5) is 9.21. The highest BCUT2D eigenvalue weighted by Gasteiger charge is 2.09. The Bertz CT molecular complexity index is 713. The first kappa shape index (κ1) is 13.2. The fourth-order valence-electron chi connectivity index (χ4n) is 2.10. The first-order valence-electron chi connectivity index (χ1n) is 6.76. The van der Waals surface area contributed by atoms with E-state index in [1.807, 2.05) is 24.4 Å². The SMILES string of the molecule is CC(C)NCc1csc(-c2nccc3ccccc23)n1. The molecule has 0 saturated carbocycles. The quantitative estimate of drug-likeness (QED) is 0.790. The smallest absolute Gasteiger partial charge is 0.142 e. The van der Waals surface area contributed by atoms with E-state index in [9.17, 15) is 0 Å². The minimum Gasteiger partial charge on any atom is -0.309 e. The van der Waals surface area contributed by atoms with Crippen molar-refractivity contribution < 1.29 is 0 Å². The maximum atomic E-state index is 4.70. The summed E-state index contributed by atoms with van der Waals surface area (Å²) in [5.74, 6) is 0. The molecule has 1 aromatic carbocycles. The third-order valence-electron chi connectivity index (χ3n) is 3.12. The van der Waals surface area contributed by atoms with Gasteiger partial charge < -0.3 is 5.32 Å². The molecular weight excluding hydrogens is 266 g/mol. The van der Waals surface area contributed by atoms with Crippen LogP contribution < -0.4 is 5.32 Å². The molecule has 3 nitrogen and oxygen atoms in total. The molecule has 4 heteroatoms. The summed E-state index contributed by atoms with van der Waals surface area (Å²) in [6.07, 6.45) is 1.85. The van der Waals surface area contributed by atoms with Crippen molar-refractivity contribution in [2.45, 2.75) is 26.4 Å². The molecule has 0 fully saturated rings. The van der Waals surface area contributed by atoms with Crippen molar-refractivity contribution in [1.29, 1.82) is 0 Å². The lowest BCUT2D eigenvalue weighted by atomic mass is 10.1. The molecule has 2 heterocycles. The van der Waals surface area contributed by atoms with E-state index >= 15 is 0 Å². The number of hydrogen-bond donors (Lipinski definition) is 1. The van der Waals surface area contributed by atoms with Crippen LogP contribution in [0.5, 0.6) is 0 Å². The Morgan fingerprint density at radius 2 is 2.05 bits per heavy atom. The summed E-state index contributed by atoms with van der Waals surface area (Å²) in [6, 6.07) is 10.8. The molecule has 102 valence electrons. The Hall–Kier alpha value is -1.78. The molecule has 2 aromatic heterocycles. The maximum Gasteiger partial charge on any atom is 0.142 e. The molecule has 0 radical (unpaired) electrons. The van der Waals surface area contributed by atoms with Gasteiger partial charge in [0.05, 0.1) is 5.69 Å². The summed E-state index contributed by atoms with van der Waals surface area (Å²) in [6.45, 7) is 5.08. The van der Waals surface area contributed by atoms with Gasteiger partial charge in [0.15, 0.2) is 0 Å². The van der Waals surface area contributed by atoms with Crippen LogP contribution in [0.15, 0.2) is 41.9 Å². The molecule has 0 aliphatic carbocycles. The number of benzene rings is 1. The summed E-state index contributed by atoms with van der Waals surface area (Å²) in [7, 11) is 0. The van der Waals surface area contributed by atoms with Gasteiger partial charge in [0.2, 0.25) is 0 Å². The van der Waals surface area contributed by atoms with Gasteiger partial charge in [0.25, 0.3) is 0 Å². The third-order valence-corrected chi connectivity index (χ3v) is 4.02. The molecule has 20 heavy (non-hydrogen) atoms. The van der Waals surface area contributed by atoms with Crippen LogP contribution in [0.4, 0.5) is 0 Å². The molecule has 1 N–H and O–H groups in total. The van der Waals surface area contributed by atoms with Gasteiger partial charge in [-0.15, -0.1) is 11.3 Å². The van der Waals surface area contributed by atoms with E-state index in [4.69, 9.17) is 4.98 Å². The summed E-state index contributed by atoms with van der Waals surface area (Å²) < 4.78 is 0. The normalized spacial score (nSPS) is 11.3. The van der Waals surface area contributed by atoms with Gasteiger partial charge in [0.1, 0.15) is 10.7 Å². The lowest BCUT2D eigenvalue weighted by Gasteiger charge is -2.05. The Morgan fingerprint density at radius 1 is 1.20 bits per heavy atom. The summed E-state index contributed by atoms with van der Waals surface area (Å²) in [5, 5.41) is 8.84. The zero-order valence-electron chi connectivity index (χ0n) is 11.6. The van der Waals surface area contributed by atoms with Gasteiger partial charge in [-0.1, -0.05) is 38.1 Å². The molecule has 0 unspecified atom stereocenters. The largest absolute Gasteiger partial charge is 0.309 e. The number of aromatic nitrogens is 2. The minimum absolute atomic E-state index is 0.468. The lowest BCUT2D eigenvalue weighted by molar-refractivity contribution is 0.583. The van der Waals surface area contributed by atoms with Crippen LogP contribution in [-0.4, -0.2) is 16.0 Å². The Balaban J connectivity index is 1.95. The van der Waals surface area contributed by atoms with Crippen molar-refractivity contribution in [2.75, 3.05) is 0 Å². The van der Waals surface area contributed by atoms with Gasteiger partial charge in [-0.05, 0) is 11.5 Å². The molecule has 0 bridgehead atoms. The second-order valence-electron chi connectivity index (χ2n) is 5.06. The third kappa shape index (κ3) is 2.71. The lowest BCUT2D eigenvalue weighted by Crippen LogP contribution is -2.21. The number of thiazole rings is 1. The zero-order valence-corrected chi connectivity index (χ0v) is 12.4. The number of rotatable bonds is 4. The predicted molar refractivity (Wildman–Crippen MR) is 84.8 cm³/mol. The van der Waals surface area contributed by atoms with Crippen LogP contribution in [-0.2, 0) is 6.54 Å². The number of nitrogens with zero attached hydrogens (tertiary/aromatic N) is 2. The Kier molecular flexibility index (Phi) is 3.76. The molecule has 3 aromatic rings. The van der Waals surface area contributed by atoms with E-state index in [1.54, 1.807) is 11.3 Å². The van der Waals surface area contributed by atoms with Gasteiger partial charge in [0, 0.05) is 29.5 Å². The average Bonchev–Trinajstić information content (AvgIpc) is 2.93. The van der Waals surface area contributed by atoms with Crippen molar-refractivity contribution >= 4 is 22.1 Å². The van der Waals surface area contributed by atoms with E-state index in [1.165, 1.54) is 5.39 Å². The Morgan fingerprint density at radius 3 is 2.90 bits per heavy atom. The molecule has 0 atom stereocenters. The van der Waals surface area contributed by atoms with Crippen LogP contribution in [0.2, 0.25) is 0 Å². The highest BCUT2D eigenvalue weighted by atomic mass is 32.1. The fraction of sp³-hybridized carbons (Fsp3) is 0.250. The predicted octanol–water partition coefficient (Wildman–Crippen LogP) is 3.86. The van der Waals surface area contributed by atoms with Crippen LogP contribution in [0.25, 0.3) is 21.5 Å². The van der Waals surface area contributed by atoms with Gasteiger partial charge in [-0.3, -0.25) is 4.98 Å². The van der Waals surface area contributed by atoms with Crippen LogP contribution in [0.1, 0.15) is 19.5 Å². The van der Waals surface area contributed by atoms with Gasteiger partial charge in [-0.2, -0.15) is 0 Å². The van der Waals surface area contributed by atoms with Crippen molar-refractivity contribution in [3.63, 3.8) is 0 Å². The average molecular weight is 283 g/mol. The Labute approximate surface area is 122 Å². The molecule has 0 amide bonds. The van der Waals surface area contributed by atoms with Gasteiger partial charge >= 0.3 is 0 Å². The van der Waals surface area contributed by atoms with Crippen LogP contribution in [0, 0.1) is 0 Å². The molecule has 0 aliphatic rings. The summed E-state index contributed by atoms with van der Waals surface area (Å²) in [5.41, 5.74) is 2.05. The van der Waals surface area contributed by atoms with E-state index in [0.29, 0.717) is 6.04 Å². The molecule has 3 rings (SSSR count). The van der Waals surface area contributed by atoms with Crippen LogP contribution in [0.3, 0.4) is 0 Å². The minimum atomic E-state index is 0.468. The highest BCUT2D eigenvalue weighted by molar-refractivity contribution is 7.13. The second-order valence-corrected chi connectivity index (χ2v) is 5.92. The van der Waals surface area contributed by atoms with Crippen LogP contribution >= 0.6 is 11.3 Å². The highest BCUT2D eigenvalue weighted by Crippen LogP contribution is 2.28. The molecule has 0 saturated heterocycles. The van der Waals surface area contributed by atoms with E-state index in [2.05, 4.69) is 41.7 Å². The molecule has 0 spiro atoms. The number of pyridine rings is 1. The maximum absolute atomic E-state index is 4.70. The van der Waals surface area contributed by atoms with Crippen molar-refractivity contribution in [2.24, 2.45) is 0 Å². The number of nitrogens with one attached hydrogen (secondary N) is 1. The topological polar surface area (TPSA) is 37.8 Å². The fourth-order valence-corrected chi connectivity index (χ4v) is 2.92. The van der Waals surface area contributed by atoms with E-state index < -0.39 is 0 Å². The van der Waals surface area contributed by atoms with E-state index in [-0.39, 0.29) is 0 Å². The monoisotopic (exact) mass is 283 g/mol. The van der Waals surface area contributed by atoms with E-state index in [0.717, 1.165) is 28.3 Å².